The molecule has 0 radical (unpaired) electrons. The molecule has 0 saturated carbocycles. The van der Waals surface area contributed by atoms with Crippen molar-refractivity contribution in [2.45, 2.75) is 12.5 Å². The molecular formula is C15H10BrClFNO. The maximum atomic E-state index is 14.1. The number of carbonyl (C=O) groups is 1. The van der Waals surface area contributed by atoms with Crippen LogP contribution in [0.5, 0.6) is 0 Å². The average molecular weight is 355 g/mol. The molecule has 102 valence electrons. The summed E-state index contributed by atoms with van der Waals surface area (Å²) in [6.45, 7) is 0. The van der Waals surface area contributed by atoms with Crippen molar-refractivity contribution in [1.29, 1.82) is 0 Å². The lowest BCUT2D eigenvalue weighted by Gasteiger charge is -2.12. The first-order valence-corrected chi connectivity index (χ1v) is 7.27. The summed E-state index contributed by atoms with van der Waals surface area (Å²) in [5, 5.41) is 3.06. The van der Waals surface area contributed by atoms with Gasteiger partial charge in [-0.1, -0.05) is 29.8 Å². The van der Waals surface area contributed by atoms with Crippen LogP contribution in [0.4, 0.5) is 10.1 Å². The van der Waals surface area contributed by atoms with Crippen LogP contribution in [0.3, 0.4) is 0 Å². The summed E-state index contributed by atoms with van der Waals surface area (Å²) in [5.41, 5.74) is 2.01. The van der Waals surface area contributed by atoms with E-state index in [4.69, 9.17) is 11.6 Å². The van der Waals surface area contributed by atoms with Crippen LogP contribution in [0.1, 0.15) is 15.9 Å². The van der Waals surface area contributed by atoms with Gasteiger partial charge in [0.15, 0.2) is 11.6 Å². The number of para-hydroxylation sites is 1. The van der Waals surface area contributed by atoms with Crippen LogP contribution >= 0.6 is 27.5 Å². The second kappa shape index (κ2) is 5.19. The van der Waals surface area contributed by atoms with E-state index < -0.39 is 11.9 Å². The molecule has 2 nitrogen and oxygen atoms in total. The van der Waals surface area contributed by atoms with E-state index in [1.165, 1.54) is 6.07 Å². The number of nitrogens with one attached hydrogen (secondary N) is 1. The van der Waals surface area contributed by atoms with Crippen LogP contribution in [-0.2, 0) is 6.42 Å². The Morgan fingerprint density at radius 3 is 2.80 bits per heavy atom. The highest BCUT2D eigenvalue weighted by atomic mass is 79.9. The second-order valence-electron chi connectivity index (χ2n) is 4.65. The Bertz CT molecular complexity index is 679. The number of fused-ring (bicyclic) bond motifs is 1. The number of hydrogen-bond acceptors (Lipinski definition) is 2. The van der Waals surface area contributed by atoms with E-state index >= 15 is 0 Å². The summed E-state index contributed by atoms with van der Waals surface area (Å²) in [4.78, 5) is 12.4. The molecule has 0 bridgehead atoms. The van der Waals surface area contributed by atoms with Gasteiger partial charge in [0.25, 0.3) is 0 Å². The van der Waals surface area contributed by atoms with E-state index in [0.29, 0.717) is 10.9 Å². The Labute approximate surface area is 129 Å². The van der Waals surface area contributed by atoms with Gasteiger partial charge >= 0.3 is 0 Å². The molecule has 1 atom stereocenters. The van der Waals surface area contributed by atoms with Crippen molar-refractivity contribution in [3.8, 4) is 0 Å². The van der Waals surface area contributed by atoms with Gasteiger partial charge in [0.05, 0.1) is 16.6 Å². The summed E-state index contributed by atoms with van der Waals surface area (Å²) in [7, 11) is 0. The molecule has 20 heavy (non-hydrogen) atoms. The van der Waals surface area contributed by atoms with Crippen molar-refractivity contribution in [3.63, 3.8) is 0 Å². The van der Waals surface area contributed by atoms with Gasteiger partial charge < -0.3 is 5.32 Å². The Hall–Kier alpha value is -1.39. The maximum Gasteiger partial charge on any atom is 0.188 e. The SMILES string of the molecule is O=C(c1ccc(Br)c(Cl)c1F)C1Cc2ccccc2N1. The highest BCUT2D eigenvalue weighted by molar-refractivity contribution is 9.10. The number of hydrogen-bond donors (Lipinski definition) is 1. The number of anilines is 1. The van der Waals surface area contributed by atoms with Gasteiger partial charge in [0.1, 0.15) is 0 Å². The Kier molecular flexibility index (Phi) is 3.52. The summed E-state index contributed by atoms with van der Waals surface area (Å²) in [6, 6.07) is 10.3. The Morgan fingerprint density at radius 2 is 2.05 bits per heavy atom. The lowest BCUT2D eigenvalue weighted by molar-refractivity contribution is 0.0967. The van der Waals surface area contributed by atoms with Gasteiger partial charge in [-0.3, -0.25) is 4.79 Å². The van der Waals surface area contributed by atoms with Crippen LogP contribution < -0.4 is 5.32 Å². The van der Waals surface area contributed by atoms with Gasteiger partial charge in [-0.05, 0) is 39.7 Å². The molecular weight excluding hydrogens is 345 g/mol. The van der Waals surface area contributed by atoms with Crippen LogP contribution in [0.15, 0.2) is 40.9 Å². The molecule has 5 heteroatoms. The van der Waals surface area contributed by atoms with Crippen LogP contribution in [0, 0.1) is 5.82 Å². The van der Waals surface area contributed by atoms with E-state index in [2.05, 4.69) is 21.2 Å². The third kappa shape index (κ3) is 2.23. The Morgan fingerprint density at radius 1 is 1.30 bits per heavy atom. The number of benzene rings is 2. The van der Waals surface area contributed by atoms with Crippen LogP contribution in [0.25, 0.3) is 0 Å². The highest BCUT2D eigenvalue weighted by Gasteiger charge is 2.29. The second-order valence-corrected chi connectivity index (χ2v) is 5.88. The first kappa shape index (κ1) is 13.6. The van der Waals surface area contributed by atoms with Crippen molar-refractivity contribution in [3.05, 3.63) is 62.8 Å². The fourth-order valence-corrected chi connectivity index (χ4v) is 2.83. The molecule has 1 aliphatic rings. The Balaban J connectivity index is 1.91. The standard InChI is InChI=1S/C15H10BrClFNO/c16-10-6-5-9(14(18)13(10)17)15(20)12-7-8-3-1-2-4-11(8)19-12/h1-6,12,19H,7H2. The zero-order valence-electron chi connectivity index (χ0n) is 10.3. The minimum absolute atomic E-state index is 0.0171. The molecule has 1 N–H and O–H groups in total. The number of halogens is 3. The largest absolute Gasteiger partial charge is 0.374 e. The molecule has 1 unspecified atom stereocenters. The van der Waals surface area contributed by atoms with Gasteiger partial charge in [-0.15, -0.1) is 0 Å². The smallest absolute Gasteiger partial charge is 0.188 e. The molecule has 0 spiro atoms. The van der Waals surface area contributed by atoms with Gasteiger partial charge in [-0.2, -0.15) is 0 Å². The average Bonchev–Trinajstić information content (AvgIpc) is 2.88. The van der Waals surface area contributed by atoms with E-state index in [-0.39, 0.29) is 16.4 Å². The lowest BCUT2D eigenvalue weighted by Crippen LogP contribution is -2.27. The normalized spacial score (nSPS) is 16.6. The highest BCUT2D eigenvalue weighted by Crippen LogP contribution is 2.31. The number of ketones is 1. The molecule has 2 aromatic carbocycles. The molecule has 0 amide bonds. The zero-order chi connectivity index (χ0) is 14.3. The molecule has 0 fully saturated rings. The van der Waals surface area contributed by atoms with Crippen LogP contribution in [0.2, 0.25) is 5.02 Å². The monoisotopic (exact) mass is 353 g/mol. The maximum absolute atomic E-state index is 14.1. The molecule has 0 saturated heterocycles. The van der Waals surface area contributed by atoms with E-state index in [9.17, 15) is 9.18 Å². The zero-order valence-corrected chi connectivity index (χ0v) is 12.6. The fraction of sp³-hybridized carbons (Fsp3) is 0.133. The van der Waals surface area contributed by atoms with Crippen molar-refractivity contribution >= 4 is 39.0 Å². The fourth-order valence-electron chi connectivity index (χ4n) is 2.36. The minimum Gasteiger partial charge on any atom is -0.374 e. The van der Waals surface area contributed by atoms with Crippen molar-refractivity contribution in [2.75, 3.05) is 5.32 Å². The van der Waals surface area contributed by atoms with E-state index in [1.807, 2.05) is 24.3 Å². The van der Waals surface area contributed by atoms with Crippen LogP contribution in [-0.4, -0.2) is 11.8 Å². The van der Waals surface area contributed by atoms with Crippen molar-refractivity contribution < 1.29 is 9.18 Å². The minimum atomic E-state index is -0.677. The summed E-state index contributed by atoms with van der Waals surface area (Å²) >= 11 is 8.97. The van der Waals surface area contributed by atoms with Gasteiger partial charge in [-0.25, -0.2) is 4.39 Å². The molecule has 0 aromatic heterocycles. The van der Waals surface area contributed by atoms with Gasteiger partial charge in [0, 0.05) is 16.6 Å². The number of rotatable bonds is 2. The predicted molar refractivity (Wildman–Crippen MR) is 81.0 cm³/mol. The molecule has 0 aliphatic carbocycles. The lowest BCUT2D eigenvalue weighted by atomic mass is 10.0. The van der Waals surface area contributed by atoms with Crippen molar-refractivity contribution in [1.82, 2.24) is 0 Å². The first-order chi connectivity index (χ1) is 9.58. The number of carbonyl (C=O) groups excluding carboxylic acids is 1. The topological polar surface area (TPSA) is 29.1 Å². The first-order valence-electron chi connectivity index (χ1n) is 6.10. The third-order valence-electron chi connectivity index (χ3n) is 3.39. The molecule has 2 aromatic rings. The van der Waals surface area contributed by atoms with Gasteiger partial charge in [0.2, 0.25) is 0 Å². The predicted octanol–water partition coefficient (Wildman–Crippen LogP) is 4.46. The quantitative estimate of drug-likeness (QED) is 0.637. The summed E-state index contributed by atoms with van der Waals surface area (Å²) < 4.78 is 14.5. The van der Waals surface area contributed by atoms with E-state index in [1.54, 1.807) is 6.07 Å². The number of Topliss-reactive ketones (excluding diaryl/α,β-unsaturated/α-hetero) is 1. The van der Waals surface area contributed by atoms with E-state index in [0.717, 1.165) is 11.3 Å². The summed E-state index contributed by atoms with van der Waals surface area (Å²) in [6.07, 6.45) is 0.558. The third-order valence-corrected chi connectivity index (χ3v) is 4.65. The van der Waals surface area contributed by atoms with Crippen molar-refractivity contribution in [2.24, 2.45) is 0 Å². The molecule has 3 rings (SSSR count). The summed E-state index contributed by atoms with van der Waals surface area (Å²) in [5.74, 6) is -0.961. The molecule has 1 aliphatic heterocycles. The molecule has 1 heterocycles.